The fraction of sp³-hybridized carbons (Fsp3) is 0.231. The second-order valence-electron chi connectivity index (χ2n) is 3.95. The normalized spacial score (nSPS) is 12.2. The fourth-order valence-corrected chi connectivity index (χ4v) is 1.40. The van der Waals surface area contributed by atoms with Gasteiger partial charge in [-0.05, 0) is 37.6 Å². The first kappa shape index (κ1) is 11.5. The Labute approximate surface area is 100 Å². The van der Waals surface area contributed by atoms with Crippen molar-refractivity contribution in [3.63, 3.8) is 0 Å². The number of rotatable bonds is 3. The van der Waals surface area contributed by atoms with Gasteiger partial charge in [-0.25, -0.2) is 4.98 Å². The molecule has 17 heavy (non-hydrogen) atoms. The van der Waals surface area contributed by atoms with Crippen LogP contribution in [0.3, 0.4) is 0 Å². The quantitative estimate of drug-likeness (QED) is 0.878. The maximum Gasteiger partial charge on any atom is 0.219 e. The van der Waals surface area contributed by atoms with Gasteiger partial charge in [0, 0.05) is 24.0 Å². The highest BCUT2D eigenvalue weighted by Crippen LogP contribution is 2.20. The second-order valence-corrected chi connectivity index (χ2v) is 3.95. The van der Waals surface area contributed by atoms with Crippen LogP contribution in [0.25, 0.3) is 0 Å². The standard InChI is InChI=1S/C13H15N3O/c1-9-3-4-12(8-16-9)17-13-7-11(10(2)14)5-6-15-13/h3-8,10H,14H2,1-2H3. The van der Waals surface area contributed by atoms with E-state index in [-0.39, 0.29) is 6.04 Å². The smallest absolute Gasteiger partial charge is 0.219 e. The third-order valence-electron chi connectivity index (χ3n) is 2.39. The summed E-state index contributed by atoms with van der Waals surface area (Å²) < 4.78 is 5.60. The number of nitrogens with zero attached hydrogens (tertiary/aromatic N) is 2. The van der Waals surface area contributed by atoms with E-state index in [1.165, 1.54) is 0 Å². The molecule has 0 spiro atoms. The van der Waals surface area contributed by atoms with Crippen LogP contribution in [0.1, 0.15) is 24.2 Å². The summed E-state index contributed by atoms with van der Waals surface area (Å²) >= 11 is 0. The Kier molecular flexibility index (Phi) is 3.35. The fourth-order valence-electron chi connectivity index (χ4n) is 1.40. The van der Waals surface area contributed by atoms with Crippen molar-refractivity contribution in [2.24, 2.45) is 5.73 Å². The summed E-state index contributed by atoms with van der Waals surface area (Å²) in [6, 6.07) is 7.44. The number of hydrogen-bond acceptors (Lipinski definition) is 4. The summed E-state index contributed by atoms with van der Waals surface area (Å²) in [5.41, 5.74) is 7.75. The minimum atomic E-state index is -0.0310. The van der Waals surface area contributed by atoms with Crippen LogP contribution in [0.5, 0.6) is 11.6 Å². The van der Waals surface area contributed by atoms with Crippen LogP contribution in [0.4, 0.5) is 0 Å². The molecule has 0 saturated heterocycles. The van der Waals surface area contributed by atoms with Crippen molar-refractivity contribution in [1.82, 2.24) is 9.97 Å². The van der Waals surface area contributed by atoms with E-state index >= 15 is 0 Å². The van der Waals surface area contributed by atoms with Gasteiger partial charge in [0.2, 0.25) is 5.88 Å². The van der Waals surface area contributed by atoms with Gasteiger partial charge in [-0.1, -0.05) is 0 Å². The first-order chi connectivity index (χ1) is 8.15. The van der Waals surface area contributed by atoms with Crippen molar-refractivity contribution >= 4 is 0 Å². The van der Waals surface area contributed by atoms with Crippen molar-refractivity contribution < 1.29 is 4.74 Å². The van der Waals surface area contributed by atoms with Gasteiger partial charge in [0.25, 0.3) is 0 Å². The highest BCUT2D eigenvalue weighted by Gasteiger charge is 2.03. The molecule has 1 atom stereocenters. The van der Waals surface area contributed by atoms with E-state index in [4.69, 9.17) is 10.5 Å². The summed E-state index contributed by atoms with van der Waals surface area (Å²) in [7, 11) is 0. The molecule has 0 aliphatic heterocycles. The van der Waals surface area contributed by atoms with Gasteiger partial charge in [0.1, 0.15) is 5.75 Å². The SMILES string of the molecule is Cc1ccc(Oc2cc(C(C)N)ccn2)cn1. The molecule has 1 unspecified atom stereocenters. The topological polar surface area (TPSA) is 61.0 Å². The molecule has 2 aromatic heterocycles. The van der Waals surface area contributed by atoms with Crippen LogP contribution in [0.15, 0.2) is 36.7 Å². The average molecular weight is 229 g/mol. The second kappa shape index (κ2) is 4.93. The molecule has 4 nitrogen and oxygen atoms in total. The van der Waals surface area contributed by atoms with Gasteiger partial charge in [-0.2, -0.15) is 0 Å². The van der Waals surface area contributed by atoms with Crippen molar-refractivity contribution in [2.45, 2.75) is 19.9 Å². The van der Waals surface area contributed by atoms with Crippen LogP contribution in [-0.4, -0.2) is 9.97 Å². The summed E-state index contributed by atoms with van der Waals surface area (Å²) in [5, 5.41) is 0. The summed E-state index contributed by atoms with van der Waals surface area (Å²) in [6.45, 7) is 3.85. The van der Waals surface area contributed by atoms with Crippen LogP contribution >= 0.6 is 0 Å². The molecule has 0 fully saturated rings. The number of pyridine rings is 2. The molecule has 2 heterocycles. The van der Waals surface area contributed by atoms with Crippen molar-refractivity contribution in [3.8, 4) is 11.6 Å². The van der Waals surface area contributed by atoms with Gasteiger partial charge in [-0.15, -0.1) is 0 Å². The Morgan fingerprint density at radius 1 is 1.24 bits per heavy atom. The Bertz CT molecular complexity index is 494. The lowest BCUT2D eigenvalue weighted by atomic mass is 10.1. The minimum absolute atomic E-state index is 0.0310. The predicted molar refractivity (Wildman–Crippen MR) is 65.9 cm³/mol. The van der Waals surface area contributed by atoms with Crippen LogP contribution in [0, 0.1) is 6.92 Å². The molecule has 2 aromatic rings. The molecule has 0 aliphatic carbocycles. The molecule has 0 bridgehead atoms. The Hall–Kier alpha value is -1.94. The first-order valence-electron chi connectivity index (χ1n) is 5.47. The highest BCUT2D eigenvalue weighted by atomic mass is 16.5. The zero-order chi connectivity index (χ0) is 12.3. The number of nitrogens with two attached hydrogens (primary N) is 1. The number of aryl methyl sites for hydroxylation is 1. The molecule has 0 aliphatic rings. The Morgan fingerprint density at radius 2 is 2.06 bits per heavy atom. The van der Waals surface area contributed by atoms with E-state index < -0.39 is 0 Å². The zero-order valence-corrected chi connectivity index (χ0v) is 9.92. The van der Waals surface area contributed by atoms with Crippen molar-refractivity contribution in [3.05, 3.63) is 47.9 Å². The van der Waals surface area contributed by atoms with E-state index in [1.54, 1.807) is 12.4 Å². The average Bonchev–Trinajstić information content (AvgIpc) is 2.32. The molecular formula is C13H15N3O. The van der Waals surface area contributed by atoms with Gasteiger partial charge in [0.15, 0.2) is 0 Å². The first-order valence-corrected chi connectivity index (χ1v) is 5.47. The predicted octanol–water partition coefficient (Wildman–Crippen LogP) is 2.60. The maximum absolute atomic E-state index is 5.80. The van der Waals surface area contributed by atoms with Crippen LogP contribution < -0.4 is 10.5 Å². The number of ether oxygens (including phenoxy) is 1. The summed E-state index contributed by atoms with van der Waals surface area (Å²) in [6.07, 6.45) is 3.37. The Balaban J connectivity index is 2.18. The van der Waals surface area contributed by atoms with Crippen LogP contribution in [0.2, 0.25) is 0 Å². The monoisotopic (exact) mass is 229 g/mol. The molecule has 0 amide bonds. The number of aromatic nitrogens is 2. The largest absolute Gasteiger partial charge is 0.437 e. The zero-order valence-electron chi connectivity index (χ0n) is 9.92. The van der Waals surface area contributed by atoms with Gasteiger partial charge < -0.3 is 10.5 Å². The lowest BCUT2D eigenvalue weighted by molar-refractivity contribution is 0.459. The lowest BCUT2D eigenvalue weighted by Crippen LogP contribution is -2.05. The van der Waals surface area contributed by atoms with E-state index in [0.29, 0.717) is 11.6 Å². The lowest BCUT2D eigenvalue weighted by Gasteiger charge is -2.08. The van der Waals surface area contributed by atoms with Crippen molar-refractivity contribution in [1.29, 1.82) is 0 Å². The third-order valence-corrected chi connectivity index (χ3v) is 2.39. The van der Waals surface area contributed by atoms with E-state index in [2.05, 4.69) is 9.97 Å². The molecule has 0 saturated carbocycles. The van der Waals surface area contributed by atoms with Gasteiger partial charge in [0.05, 0.1) is 6.20 Å². The van der Waals surface area contributed by atoms with E-state index in [1.807, 2.05) is 38.1 Å². The minimum Gasteiger partial charge on any atom is -0.437 e. The van der Waals surface area contributed by atoms with E-state index in [0.717, 1.165) is 11.3 Å². The van der Waals surface area contributed by atoms with Crippen LogP contribution in [-0.2, 0) is 0 Å². The molecular weight excluding hydrogens is 214 g/mol. The Morgan fingerprint density at radius 3 is 2.71 bits per heavy atom. The third kappa shape index (κ3) is 3.01. The van der Waals surface area contributed by atoms with Gasteiger partial charge in [-0.3, -0.25) is 4.98 Å². The highest BCUT2D eigenvalue weighted by molar-refractivity contribution is 5.28. The summed E-state index contributed by atoms with van der Waals surface area (Å²) in [4.78, 5) is 8.29. The summed E-state index contributed by atoms with van der Waals surface area (Å²) in [5.74, 6) is 1.20. The maximum atomic E-state index is 5.80. The molecule has 88 valence electrons. The molecule has 4 heteroatoms. The van der Waals surface area contributed by atoms with E-state index in [9.17, 15) is 0 Å². The number of hydrogen-bond donors (Lipinski definition) is 1. The molecule has 0 radical (unpaired) electrons. The molecule has 2 rings (SSSR count). The molecule has 0 aromatic carbocycles. The van der Waals surface area contributed by atoms with Gasteiger partial charge >= 0.3 is 0 Å². The molecule has 2 N–H and O–H groups in total. The van der Waals surface area contributed by atoms with Crippen molar-refractivity contribution in [2.75, 3.05) is 0 Å².